The molecule has 0 amide bonds. The Morgan fingerprint density at radius 1 is 0.397 bits per heavy atom. The van der Waals surface area contributed by atoms with Crippen molar-refractivity contribution in [3.05, 3.63) is 0 Å². The Bertz CT molecular complexity index is 1120. The Hall–Kier alpha value is -0.990. The molecule has 2 atom stereocenters. The predicted octanol–water partition coefficient (Wildman–Crippen LogP) is 18.3. The average Bonchev–Trinajstić information content (AvgIpc) is 3.30. The minimum atomic E-state index is -4.36. The molecule has 0 radical (unpaired) electrons. The van der Waals surface area contributed by atoms with Crippen LogP contribution in [0.5, 0.6) is 0 Å². The first kappa shape index (κ1) is 67.0. The van der Waals surface area contributed by atoms with E-state index >= 15 is 0 Å². The summed E-state index contributed by atoms with van der Waals surface area (Å²) >= 11 is 0. The number of hydrogen-bond donors (Lipinski definition) is 1. The smallest absolute Gasteiger partial charge is 0.462 e. The number of rotatable bonds is 56. The van der Waals surface area contributed by atoms with Crippen LogP contribution in [0.2, 0.25) is 0 Å². The average molecular weight is 988 g/mol. The van der Waals surface area contributed by atoms with Crippen LogP contribution >= 0.6 is 7.82 Å². The molecule has 406 valence electrons. The van der Waals surface area contributed by atoms with Crippen molar-refractivity contribution in [3.8, 4) is 0 Å². The molecule has 0 aromatic rings. The highest BCUT2D eigenvalue weighted by atomic mass is 31.2. The summed E-state index contributed by atoms with van der Waals surface area (Å²) in [6, 6.07) is 0. The van der Waals surface area contributed by atoms with Gasteiger partial charge in [0.1, 0.15) is 19.8 Å². The Morgan fingerprint density at radius 3 is 0.941 bits per heavy atom. The number of esters is 2. The molecule has 0 fully saturated rings. The van der Waals surface area contributed by atoms with Gasteiger partial charge in [0, 0.05) is 12.8 Å². The van der Waals surface area contributed by atoms with E-state index in [1.54, 1.807) is 0 Å². The second-order valence-electron chi connectivity index (χ2n) is 21.8. The van der Waals surface area contributed by atoms with Crippen LogP contribution in [0.15, 0.2) is 0 Å². The molecule has 1 N–H and O–H groups in total. The lowest BCUT2D eigenvalue weighted by Gasteiger charge is -2.24. The summed E-state index contributed by atoms with van der Waals surface area (Å²) in [5.74, 6) is -0.796. The Labute approximate surface area is 423 Å². The van der Waals surface area contributed by atoms with Gasteiger partial charge >= 0.3 is 19.8 Å². The minimum Gasteiger partial charge on any atom is -0.462 e. The third kappa shape index (κ3) is 54.3. The maximum atomic E-state index is 12.7. The van der Waals surface area contributed by atoms with Crippen LogP contribution < -0.4 is 0 Å². The third-order valence-electron chi connectivity index (χ3n) is 13.6. The topological polar surface area (TPSA) is 108 Å². The molecule has 0 bridgehead atoms. The number of phosphoric ester groups is 1. The Kier molecular flexibility index (Phi) is 50.2. The van der Waals surface area contributed by atoms with E-state index < -0.39 is 26.5 Å². The molecular formula is C58H117NO8P+. The third-order valence-corrected chi connectivity index (χ3v) is 14.6. The Morgan fingerprint density at radius 2 is 0.662 bits per heavy atom. The van der Waals surface area contributed by atoms with Crippen molar-refractivity contribution in [3.63, 3.8) is 0 Å². The fourth-order valence-electron chi connectivity index (χ4n) is 9.02. The summed E-state index contributed by atoms with van der Waals surface area (Å²) in [5.41, 5.74) is 0. The van der Waals surface area contributed by atoms with Gasteiger partial charge < -0.3 is 18.9 Å². The van der Waals surface area contributed by atoms with Gasteiger partial charge in [-0.2, -0.15) is 0 Å². The van der Waals surface area contributed by atoms with Crippen molar-refractivity contribution in [1.82, 2.24) is 0 Å². The Balaban J connectivity index is 3.66. The molecule has 0 aliphatic heterocycles. The second-order valence-corrected chi connectivity index (χ2v) is 23.2. The van der Waals surface area contributed by atoms with Crippen LogP contribution in [0.4, 0.5) is 0 Å². The molecule has 0 heterocycles. The lowest BCUT2D eigenvalue weighted by atomic mass is 10.0. The van der Waals surface area contributed by atoms with E-state index in [1.165, 1.54) is 231 Å². The van der Waals surface area contributed by atoms with Crippen LogP contribution in [0.1, 0.15) is 309 Å². The molecule has 0 saturated heterocycles. The van der Waals surface area contributed by atoms with Crippen LogP contribution in [-0.2, 0) is 32.7 Å². The molecule has 0 spiro atoms. The fraction of sp³-hybridized carbons (Fsp3) is 0.966. The van der Waals surface area contributed by atoms with Crippen molar-refractivity contribution >= 4 is 19.8 Å². The molecule has 0 rings (SSSR count). The number of unbranched alkanes of at least 4 members (excludes halogenated alkanes) is 42. The van der Waals surface area contributed by atoms with Gasteiger partial charge in [0.15, 0.2) is 6.10 Å². The lowest BCUT2D eigenvalue weighted by Crippen LogP contribution is -2.37. The standard InChI is InChI=1S/C58H116NO8P/c1-6-8-10-12-13-14-15-16-17-18-19-20-21-22-23-24-25-26-27-28-29-30-31-32-33-34-35-36-37-38-39-40-41-42-43-44-45-47-49-51-58(61)67-56(54-64-57(60)50-48-46-11-9-7-2)55-66-68(62,63)65-53-52-59(3,4)5/h56H,6-55H2,1-5H3/p+1. The maximum absolute atomic E-state index is 12.7. The molecule has 0 aromatic carbocycles. The fourth-order valence-corrected chi connectivity index (χ4v) is 9.76. The summed E-state index contributed by atoms with van der Waals surface area (Å²) in [7, 11) is 1.49. The number of ether oxygens (including phenoxy) is 2. The highest BCUT2D eigenvalue weighted by Crippen LogP contribution is 2.43. The van der Waals surface area contributed by atoms with E-state index in [4.69, 9.17) is 18.5 Å². The van der Waals surface area contributed by atoms with Crippen LogP contribution in [0.3, 0.4) is 0 Å². The number of nitrogens with zero attached hydrogens (tertiary/aromatic N) is 1. The normalized spacial score (nSPS) is 13.2. The minimum absolute atomic E-state index is 0.0362. The van der Waals surface area contributed by atoms with Crippen molar-refractivity contribution in [2.75, 3.05) is 47.5 Å². The number of carbonyl (C=O) groups excluding carboxylic acids is 2. The number of likely N-dealkylation sites (N-methyl/N-ethyl adjacent to an activating group) is 1. The van der Waals surface area contributed by atoms with Gasteiger partial charge in [-0.1, -0.05) is 284 Å². The summed E-state index contributed by atoms with van der Waals surface area (Å²) < 4.78 is 34.2. The van der Waals surface area contributed by atoms with E-state index in [1.807, 2.05) is 21.1 Å². The monoisotopic (exact) mass is 987 g/mol. The summed E-state index contributed by atoms with van der Waals surface area (Å²) in [6.07, 6.45) is 58.5. The van der Waals surface area contributed by atoms with E-state index in [0.29, 0.717) is 11.0 Å². The summed E-state index contributed by atoms with van der Waals surface area (Å²) in [6.45, 7) is 4.38. The van der Waals surface area contributed by atoms with Crippen molar-refractivity contribution in [2.45, 2.75) is 315 Å². The summed E-state index contributed by atoms with van der Waals surface area (Å²) in [5, 5.41) is 0. The number of quaternary nitrogens is 1. The van der Waals surface area contributed by atoms with Gasteiger partial charge in [-0.3, -0.25) is 18.6 Å². The zero-order valence-electron chi connectivity index (χ0n) is 46.1. The highest BCUT2D eigenvalue weighted by molar-refractivity contribution is 7.47. The zero-order valence-corrected chi connectivity index (χ0v) is 47.0. The largest absolute Gasteiger partial charge is 0.472 e. The lowest BCUT2D eigenvalue weighted by molar-refractivity contribution is -0.870. The van der Waals surface area contributed by atoms with E-state index in [0.717, 1.165) is 51.4 Å². The van der Waals surface area contributed by atoms with Crippen LogP contribution in [0.25, 0.3) is 0 Å². The first-order valence-corrected chi connectivity index (χ1v) is 31.3. The van der Waals surface area contributed by atoms with Gasteiger partial charge in [0.2, 0.25) is 0 Å². The quantitative estimate of drug-likeness (QED) is 0.0278. The summed E-state index contributed by atoms with van der Waals surface area (Å²) in [4.78, 5) is 35.2. The molecule has 0 aliphatic carbocycles. The van der Waals surface area contributed by atoms with Crippen molar-refractivity contribution in [2.24, 2.45) is 0 Å². The molecule has 0 aliphatic rings. The van der Waals surface area contributed by atoms with Gasteiger partial charge in [-0.05, 0) is 12.8 Å². The van der Waals surface area contributed by atoms with Gasteiger partial charge in [-0.15, -0.1) is 0 Å². The van der Waals surface area contributed by atoms with Crippen LogP contribution in [0, 0.1) is 0 Å². The van der Waals surface area contributed by atoms with Gasteiger partial charge in [-0.25, -0.2) is 4.57 Å². The van der Waals surface area contributed by atoms with Gasteiger partial charge in [0.05, 0.1) is 27.7 Å². The molecule has 0 saturated carbocycles. The number of phosphoric acid groups is 1. The van der Waals surface area contributed by atoms with Crippen molar-refractivity contribution in [1.29, 1.82) is 0 Å². The molecule has 10 heteroatoms. The van der Waals surface area contributed by atoms with Crippen LogP contribution in [-0.4, -0.2) is 74.9 Å². The molecule has 68 heavy (non-hydrogen) atoms. The number of hydrogen-bond acceptors (Lipinski definition) is 7. The highest BCUT2D eigenvalue weighted by Gasteiger charge is 2.27. The van der Waals surface area contributed by atoms with E-state index in [9.17, 15) is 19.0 Å². The molecular weight excluding hydrogens is 870 g/mol. The first-order valence-electron chi connectivity index (χ1n) is 29.8. The number of carbonyl (C=O) groups is 2. The van der Waals surface area contributed by atoms with E-state index in [2.05, 4.69) is 13.8 Å². The zero-order chi connectivity index (χ0) is 49.9. The first-order chi connectivity index (χ1) is 33.0. The maximum Gasteiger partial charge on any atom is 0.472 e. The van der Waals surface area contributed by atoms with Crippen molar-refractivity contribution < 1.29 is 42.1 Å². The molecule has 2 unspecified atom stereocenters. The van der Waals surface area contributed by atoms with E-state index in [-0.39, 0.29) is 32.0 Å². The SMILES string of the molecule is CCCCCCCCCCCCCCCCCCCCCCCCCCCCCCCCCCCCCCCCCC(=O)OC(COC(=O)CCCCCCC)COP(=O)(O)OCC[N+](C)(C)C. The predicted molar refractivity (Wildman–Crippen MR) is 289 cm³/mol. The van der Waals surface area contributed by atoms with Gasteiger partial charge in [0.25, 0.3) is 0 Å². The molecule has 9 nitrogen and oxygen atoms in total. The second kappa shape index (κ2) is 50.9. The molecule has 0 aromatic heterocycles.